The first-order valence-electron chi connectivity index (χ1n) is 5.15. The summed E-state index contributed by atoms with van der Waals surface area (Å²) in [5.41, 5.74) is 1.08. The van der Waals surface area contributed by atoms with E-state index in [4.69, 9.17) is 16.3 Å². The van der Waals surface area contributed by atoms with Gasteiger partial charge in [-0.2, -0.15) is 0 Å². The molecular formula is C13H12BrClOS. The van der Waals surface area contributed by atoms with Crippen LogP contribution in [0.2, 0.25) is 0 Å². The van der Waals surface area contributed by atoms with E-state index >= 15 is 0 Å². The summed E-state index contributed by atoms with van der Waals surface area (Å²) in [6.45, 7) is 2.08. The zero-order valence-electron chi connectivity index (χ0n) is 9.54. The van der Waals surface area contributed by atoms with Gasteiger partial charge in [-0.1, -0.05) is 12.1 Å². The van der Waals surface area contributed by atoms with Crippen LogP contribution in [0, 0.1) is 6.92 Å². The van der Waals surface area contributed by atoms with E-state index in [1.165, 1.54) is 4.88 Å². The number of alkyl halides is 1. The second-order valence-corrected chi connectivity index (χ2v) is 6.27. The predicted octanol–water partition coefficient (Wildman–Crippen LogP) is 5.16. The minimum absolute atomic E-state index is 0.101. The van der Waals surface area contributed by atoms with Gasteiger partial charge in [0.2, 0.25) is 0 Å². The van der Waals surface area contributed by atoms with Crippen molar-refractivity contribution in [2.45, 2.75) is 12.3 Å². The van der Waals surface area contributed by atoms with Gasteiger partial charge >= 0.3 is 0 Å². The van der Waals surface area contributed by atoms with E-state index in [0.29, 0.717) is 0 Å². The molecule has 0 aliphatic rings. The van der Waals surface area contributed by atoms with Crippen LogP contribution in [0.5, 0.6) is 5.75 Å². The molecule has 0 saturated carbocycles. The van der Waals surface area contributed by atoms with Crippen LogP contribution in [0.3, 0.4) is 0 Å². The first kappa shape index (κ1) is 12.9. The monoisotopic (exact) mass is 330 g/mol. The minimum Gasteiger partial charge on any atom is -0.497 e. The zero-order chi connectivity index (χ0) is 12.4. The first-order valence-corrected chi connectivity index (χ1v) is 7.20. The Bertz CT molecular complexity index is 487. The lowest BCUT2D eigenvalue weighted by Crippen LogP contribution is -1.90. The molecule has 0 spiro atoms. The molecular weight excluding hydrogens is 320 g/mol. The van der Waals surface area contributed by atoms with Crippen LogP contribution in [0.15, 0.2) is 34.8 Å². The van der Waals surface area contributed by atoms with Crippen molar-refractivity contribution >= 4 is 38.9 Å². The highest BCUT2D eigenvalue weighted by molar-refractivity contribution is 9.10. The molecule has 0 saturated heterocycles. The average molecular weight is 332 g/mol. The van der Waals surface area contributed by atoms with Crippen molar-refractivity contribution in [2.24, 2.45) is 0 Å². The normalized spacial score (nSPS) is 12.5. The van der Waals surface area contributed by atoms with E-state index in [0.717, 1.165) is 20.7 Å². The number of methoxy groups -OCH3 is 1. The Morgan fingerprint density at radius 1 is 1.29 bits per heavy atom. The van der Waals surface area contributed by atoms with Crippen LogP contribution in [0.4, 0.5) is 0 Å². The smallest absolute Gasteiger partial charge is 0.118 e. The second kappa shape index (κ2) is 5.42. The van der Waals surface area contributed by atoms with Crippen molar-refractivity contribution in [1.82, 2.24) is 0 Å². The van der Waals surface area contributed by atoms with E-state index in [1.807, 2.05) is 24.3 Å². The summed E-state index contributed by atoms with van der Waals surface area (Å²) in [6.07, 6.45) is 0. The molecule has 1 aromatic carbocycles. The predicted molar refractivity (Wildman–Crippen MR) is 77.4 cm³/mol. The number of thiophene rings is 1. The number of benzene rings is 1. The van der Waals surface area contributed by atoms with Gasteiger partial charge in [-0.25, -0.2) is 0 Å². The van der Waals surface area contributed by atoms with Gasteiger partial charge in [0.15, 0.2) is 0 Å². The third kappa shape index (κ3) is 2.84. The second-order valence-electron chi connectivity index (χ2n) is 3.69. The Balaban J connectivity index is 2.26. The maximum absolute atomic E-state index is 6.46. The number of hydrogen-bond acceptors (Lipinski definition) is 2. The topological polar surface area (TPSA) is 9.23 Å². The van der Waals surface area contributed by atoms with E-state index in [1.54, 1.807) is 18.4 Å². The third-order valence-corrected chi connectivity index (χ3v) is 5.35. The largest absolute Gasteiger partial charge is 0.497 e. The van der Waals surface area contributed by atoms with Gasteiger partial charge in [-0.3, -0.25) is 0 Å². The average Bonchev–Trinajstić information content (AvgIpc) is 2.69. The van der Waals surface area contributed by atoms with Crippen molar-refractivity contribution in [3.8, 4) is 5.75 Å². The number of aryl methyl sites for hydroxylation is 1. The molecule has 0 aliphatic carbocycles. The molecule has 0 aliphatic heterocycles. The van der Waals surface area contributed by atoms with Gasteiger partial charge in [-0.15, -0.1) is 22.9 Å². The van der Waals surface area contributed by atoms with Crippen LogP contribution in [0.1, 0.15) is 20.7 Å². The molecule has 2 aromatic rings. The molecule has 0 fully saturated rings. The summed E-state index contributed by atoms with van der Waals surface area (Å²) in [5, 5.41) is -0.101. The summed E-state index contributed by atoms with van der Waals surface area (Å²) in [7, 11) is 1.66. The summed E-state index contributed by atoms with van der Waals surface area (Å²) >= 11 is 11.7. The van der Waals surface area contributed by atoms with Crippen molar-refractivity contribution in [2.75, 3.05) is 7.11 Å². The standard InChI is InChI=1S/C13H12BrClOS/c1-8-11(14)7-12(17-8)13(15)9-3-5-10(16-2)6-4-9/h3-7,13H,1-2H3. The molecule has 1 unspecified atom stereocenters. The Morgan fingerprint density at radius 3 is 2.41 bits per heavy atom. The van der Waals surface area contributed by atoms with Gasteiger partial charge in [0.1, 0.15) is 5.75 Å². The maximum atomic E-state index is 6.46. The van der Waals surface area contributed by atoms with Crippen LogP contribution >= 0.6 is 38.9 Å². The Kier molecular flexibility index (Phi) is 4.13. The van der Waals surface area contributed by atoms with Gasteiger partial charge in [0.25, 0.3) is 0 Å². The molecule has 0 amide bonds. The highest BCUT2D eigenvalue weighted by Crippen LogP contribution is 2.37. The minimum atomic E-state index is -0.101. The van der Waals surface area contributed by atoms with E-state index in [2.05, 4.69) is 28.9 Å². The summed E-state index contributed by atoms with van der Waals surface area (Å²) < 4.78 is 6.25. The van der Waals surface area contributed by atoms with Crippen LogP contribution in [-0.2, 0) is 0 Å². The molecule has 90 valence electrons. The summed E-state index contributed by atoms with van der Waals surface area (Å²) in [5.74, 6) is 0.848. The SMILES string of the molecule is COc1ccc(C(Cl)c2cc(Br)c(C)s2)cc1. The highest BCUT2D eigenvalue weighted by atomic mass is 79.9. The molecule has 1 aromatic heterocycles. The summed E-state index contributed by atoms with van der Waals surface area (Å²) in [6, 6.07) is 9.95. The first-order chi connectivity index (χ1) is 8.11. The number of halogens is 2. The Labute approximate surface area is 119 Å². The van der Waals surface area contributed by atoms with Gasteiger partial charge in [-0.05, 0) is 46.6 Å². The number of hydrogen-bond donors (Lipinski definition) is 0. The van der Waals surface area contributed by atoms with E-state index < -0.39 is 0 Å². The van der Waals surface area contributed by atoms with Crippen molar-refractivity contribution < 1.29 is 4.74 Å². The molecule has 1 atom stereocenters. The fourth-order valence-electron chi connectivity index (χ4n) is 1.54. The quantitative estimate of drug-likeness (QED) is 0.706. The third-order valence-electron chi connectivity index (χ3n) is 2.53. The van der Waals surface area contributed by atoms with Crippen molar-refractivity contribution in [1.29, 1.82) is 0 Å². The van der Waals surface area contributed by atoms with Crippen LogP contribution in [-0.4, -0.2) is 7.11 Å². The Hall–Kier alpha value is -0.510. The number of ether oxygens (including phenoxy) is 1. The van der Waals surface area contributed by atoms with Crippen LogP contribution < -0.4 is 4.74 Å². The van der Waals surface area contributed by atoms with Gasteiger partial charge < -0.3 is 4.74 Å². The summed E-state index contributed by atoms with van der Waals surface area (Å²) in [4.78, 5) is 2.40. The molecule has 1 nitrogen and oxygen atoms in total. The van der Waals surface area contributed by atoms with Crippen molar-refractivity contribution in [3.63, 3.8) is 0 Å². The molecule has 0 N–H and O–H groups in total. The number of rotatable bonds is 3. The molecule has 1 heterocycles. The van der Waals surface area contributed by atoms with Gasteiger partial charge in [0.05, 0.1) is 12.5 Å². The lowest BCUT2D eigenvalue weighted by molar-refractivity contribution is 0.414. The zero-order valence-corrected chi connectivity index (χ0v) is 12.7. The Morgan fingerprint density at radius 2 is 1.94 bits per heavy atom. The van der Waals surface area contributed by atoms with Gasteiger partial charge in [0, 0.05) is 14.2 Å². The van der Waals surface area contributed by atoms with Crippen molar-refractivity contribution in [3.05, 3.63) is 50.1 Å². The molecule has 17 heavy (non-hydrogen) atoms. The van der Waals surface area contributed by atoms with E-state index in [-0.39, 0.29) is 5.38 Å². The highest BCUT2D eigenvalue weighted by Gasteiger charge is 2.14. The maximum Gasteiger partial charge on any atom is 0.118 e. The van der Waals surface area contributed by atoms with E-state index in [9.17, 15) is 0 Å². The molecule has 0 bridgehead atoms. The molecule has 4 heteroatoms. The lowest BCUT2D eigenvalue weighted by Gasteiger charge is -2.08. The van der Waals surface area contributed by atoms with Crippen LogP contribution in [0.25, 0.3) is 0 Å². The molecule has 0 radical (unpaired) electrons. The fourth-order valence-corrected chi connectivity index (χ4v) is 3.45. The lowest BCUT2D eigenvalue weighted by atomic mass is 10.1. The molecule has 2 rings (SSSR count). The fraction of sp³-hybridized carbons (Fsp3) is 0.231.